The summed E-state index contributed by atoms with van der Waals surface area (Å²) in [7, 11) is 0. The average Bonchev–Trinajstić information content (AvgIpc) is 2.01. The molecule has 1 saturated carbocycles. The minimum Gasteiger partial charge on any atom is -0.460 e. The molecule has 1 rings (SSSR count). The molecule has 2 N–H and O–H groups in total. The summed E-state index contributed by atoms with van der Waals surface area (Å²) in [4.78, 5) is 11.7. The van der Waals surface area contributed by atoms with Gasteiger partial charge in [-0.15, -0.1) is 0 Å². The van der Waals surface area contributed by atoms with Gasteiger partial charge in [0.1, 0.15) is 5.60 Å². The van der Waals surface area contributed by atoms with Crippen molar-refractivity contribution in [3.63, 3.8) is 0 Å². The molecule has 0 saturated heterocycles. The second-order valence-corrected chi connectivity index (χ2v) is 5.09. The molecule has 0 aromatic heterocycles. The van der Waals surface area contributed by atoms with Crippen LogP contribution in [0, 0.1) is 5.92 Å². The summed E-state index contributed by atoms with van der Waals surface area (Å²) in [5.41, 5.74) is 5.50. The van der Waals surface area contributed by atoms with Gasteiger partial charge in [-0.25, -0.2) is 0 Å². The first-order valence-electron chi connectivity index (χ1n) is 5.38. The highest BCUT2D eigenvalue weighted by Crippen LogP contribution is 2.25. The van der Waals surface area contributed by atoms with Crippen LogP contribution in [-0.2, 0) is 9.53 Å². The number of esters is 1. The molecule has 3 nitrogen and oxygen atoms in total. The second-order valence-electron chi connectivity index (χ2n) is 5.09. The van der Waals surface area contributed by atoms with E-state index >= 15 is 0 Å². The lowest BCUT2D eigenvalue weighted by atomic mass is 9.85. The molecular formula is C11H21NO2. The minimum atomic E-state index is -0.395. The van der Waals surface area contributed by atoms with Crippen molar-refractivity contribution in [2.24, 2.45) is 11.7 Å². The Morgan fingerprint density at radius 2 is 1.86 bits per heavy atom. The fourth-order valence-corrected chi connectivity index (χ4v) is 1.83. The average molecular weight is 199 g/mol. The Kier molecular flexibility index (Phi) is 3.53. The molecule has 0 aromatic carbocycles. The molecule has 2 atom stereocenters. The third-order valence-electron chi connectivity index (χ3n) is 2.53. The van der Waals surface area contributed by atoms with E-state index in [2.05, 4.69) is 0 Å². The maximum Gasteiger partial charge on any atom is 0.311 e. The Balaban J connectivity index is 2.50. The molecule has 0 bridgehead atoms. The SMILES string of the molecule is CC(C)(C)OC(=O)[C@@H]1CCCC[C@@H]1N. The quantitative estimate of drug-likeness (QED) is 0.656. The molecule has 0 amide bonds. The number of carbonyl (C=O) groups excluding carboxylic acids is 1. The van der Waals surface area contributed by atoms with Crippen molar-refractivity contribution in [1.82, 2.24) is 0 Å². The van der Waals surface area contributed by atoms with E-state index in [0.29, 0.717) is 0 Å². The Hall–Kier alpha value is -0.570. The van der Waals surface area contributed by atoms with Crippen LogP contribution in [0.3, 0.4) is 0 Å². The number of carbonyl (C=O) groups is 1. The first kappa shape index (κ1) is 11.5. The van der Waals surface area contributed by atoms with E-state index in [4.69, 9.17) is 10.5 Å². The lowest BCUT2D eigenvalue weighted by molar-refractivity contribution is -0.161. The van der Waals surface area contributed by atoms with Gasteiger partial charge in [-0.1, -0.05) is 12.8 Å². The van der Waals surface area contributed by atoms with Crippen molar-refractivity contribution in [2.45, 2.75) is 58.1 Å². The highest BCUT2D eigenvalue weighted by Gasteiger charge is 2.31. The van der Waals surface area contributed by atoms with Gasteiger partial charge in [-0.2, -0.15) is 0 Å². The number of rotatable bonds is 1. The Labute approximate surface area is 86.0 Å². The van der Waals surface area contributed by atoms with Crippen LogP contribution < -0.4 is 5.73 Å². The first-order chi connectivity index (χ1) is 6.40. The zero-order valence-electron chi connectivity index (χ0n) is 9.38. The standard InChI is InChI=1S/C11H21NO2/c1-11(2,3)14-10(13)8-6-4-5-7-9(8)12/h8-9H,4-7,12H2,1-3H3/t8-,9+/m1/s1. The molecule has 0 aliphatic heterocycles. The minimum absolute atomic E-state index is 0.00130. The molecule has 0 heterocycles. The van der Waals surface area contributed by atoms with E-state index in [9.17, 15) is 4.79 Å². The third-order valence-corrected chi connectivity index (χ3v) is 2.53. The Morgan fingerprint density at radius 1 is 1.29 bits per heavy atom. The van der Waals surface area contributed by atoms with Crippen molar-refractivity contribution in [3.8, 4) is 0 Å². The molecule has 0 aromatic rings. The normalized spacial score (nSPS) is 28.6. The van der Waals surface area contributed by atoms with Gasteiger partial charge >= 0.3 is 5.97 Å². The number of nitrogens with two attached hydrogens (primary N) is 1. The van der Waals surface area contributed by atoms with Crippen molar-refractivity contribution < 1.29 is 9.53 Å². The molecule has 14 heavy (non-hydrogen) atoms. The van der Waals surface area contributed by atoms with Crippen LogP contribution in [0.5, 0.6) is 0 Å². The summed E-state index contributed by atoms with van der Waals surface area (Å²) in [6.45, 7) is 5.66. The summed E-state index contributed by atoms with van der Waals surface area (Å²) in [5, 5.41) is 0. The van der Waals surface area contributed by atoms with Crippen LogP contribution in [0.25, 0.3) is 0 Å². The van der Waals surface area contributed by atoms with E-state index in [0.717, 1.165) is 25.7 Å². The van der Waals surface area contributed by atoms with Crippen molar-refractivity contribution in [1.29, 1.82) is 0 Å². The van der Waals surface area contributed by atoms with Crippen LogP contribution in [0.2, 0.25) is 0 Å². The Bertz CT molecular complexity index is 208. The molecule has 0 spiro atoms. The lowest BCUT2D eigenvalue weighted by Crippen LogP contribution is -2.41. The topological polar surface area (TPSA) is 52.3 Å². The van der Waals surface area contributed by atoms with Gasteiger partial charge in [0.05, 0.1) is 5.92 Å². The number of hydrogen-bond donors (Lipinski definition) is 1. The van der Waals surface area contributed by atoms with Gasteiger partial charge in [0.15, 0.2) is 0 Å². The van der Waals surface area contributed by atoms with Crippen molar-refractivity contribution in [3.05, 3.63) is 0 Å². The predicted octanol–water partition coefficient (Wildman–Crippen LogP) is 1.85. The highest BCUT2D eigenvalue weighted by atomic mass is 16.6. The van der Waals surface area contributed by atoms with Crippen LogP contribution in [0.1, 0.15) is 46.5 Å². The van der Waals surface area contributed by atoms with Crippen molar-refractivity contribution in [2.75, 3.05) is 0 Å². The largest absolute Gasteiger partial charge is 0.460 e. The molecule has 1 fully saturated rings. The van der Waals surface area contributed by atoms with Gasteiger partial charge in [0.25, 0.3) is 0 Å². The van der Waals surface area contributed by atoms with Gasteiger partial charge in [-0.3, -0.25) is 4.79 Å². The van der Waals surface area contributed by atoms with E-state index in [1.807, 2.05) is 20.8 Å². The van der Waals surface area contributed by atoms with Crippen LogP contribution in [0.4, 0.5) is 0 Å². The zero-order chi connectivity index (χ0) is 10.8. The summed E-state index contributed by atoms with van der Waals surface area (Å²) in [6, 6.07) is -0.00130. The molecule has 1 aliphatic carbocycles. The monoisotopic (exact) mass is 199 g/mol. The molecule has 3 heteroatoms. The molecule has 0 radical (unpaired) electrons. The molecule has 1 aliphatic rings. The fraction of sp³-hybridized carbons (Fsp3) is 0.909. The van der Waals surface area contributed by atoms with Gasteiger partial charge in [-0.05, 0) is 33.6 Å². The molecule has 0 unspecified atom stereocenters. The molecule has 82 valence electrons. The summed E-state index contributed by atoms with van der Waals surface area (Å²) in [5.74, 6) is -0.201. The van der Waals surface area contributed by atoms with E-state index in [1.165, 1.54) is 0 Å². The zero-order valence-corrected chi connectivity index (χ0v) is 9.38. The van der Waals surface area contributed by atoms with Crippen LogP contribution in [-0.4, -0.2) is 17.6 Å². The Morgan fingerprint density at radius 3 is 2.36 bits per heavy atom. The molecular weight excluding hydrogens is 178 g/mol. The van der Waals surface area contributed by atoms with Gasteiger partial charge in [0.2, 0.25) is 0 Å². The van der Waals surface area contributed by atoms with Crippen LogP contribution >= 0.6 is 0 Å². The summed E-state index contributed by atoms with van der Waals surface area (Å²) >= 11 is 0. The van der Waals surface area contributed by atoms with E-state index < -0.39 is 5.60 Å². The van der Waals surface area contributed by atoms with Gasteiger partial charge < -0.3 is 10.5 Å². The first-order valence-corrected chi connectivity index (χ1v) is 5.38. The lowest BCUT2D eigenvalue weighted by Gasteiger charge is -2.30. The van der Waals surface area contributed by atoms with Crippen molar-refractivity contribution >= 4 is 5.97 Å². The highest BCUT2D eigenvalue weighted by molar-refractivity contribution is 5.73. The maximum atomic E-state index is 11.7. The van der Waals surface area contributed by atoms with E-state index in [1.54, 1.807) is 0 Å². The third kappa shape index (κ3) is 3.29. The van der Waals surface area contributed by atoms with E-state index in [-0.39, 0.29) is 17.9 Å². The van der Waals surface area contributed by atoms with Gasteiger partial charge in [0, 0.05) is 6.04 Å². The fourth-order valence-electron chi connectivity index (χ4n) is 1.83. The summed E-state index contributed by atoms with van der Waals surface area (Å²) in [6.07, 6.45) is 4.07. The smallest absolute Gasteiger partial charge is 0.311 e. The number of ether oxygens (including phenoxy) is 1. The predicted molar refractivity (Wildman–Crippen MR) is 55.8 cm³/mol. The maximum absolute atomic E-state index is 11.7. The second kappa shape index (κ2) is 4.30. The number of hydrogen-bond acceptors (Lipinski definition) is 3. The summed E-state index contributed by atoms with van der Waals surface area (Å²) < 4.78 is 5.33. The van der Waals surface area contributed by atoms with Crippen LogP contribution in [0.15, 0.2) is 0 Å².